The number of aromatic nitrogens is 2. The quantitative estimate of drug-likeness (QED) is 0.153. The second kappa shape index (κ2) is 16.7. The average Bonchev–Trinajstić information content (AvgIpc) is 4.24. The predicted molar refractivity (Wildman–Crippen MR) is 289 cm³/mol. The lowest BCUT2D eigenvalue weighted by atomic mass is 9.85. The third-order valence-corrected chi connectivity index (χ3v) is 16.8. The molecule has 8 heteroatoms. The van der Waals surface area contributed by atoms with Crippen molar-refractivity contribution in [1.29, 1.82) is 0 Å². The van der Waals surface area contributed by atoms with Gasteiger partial charge in [-0.2, -0.15) is 0 Å². The van der Waals surface area contributed by atoms with E-state index in [1.54, 1.807) is 45.3 Å². The average molecular weight is 945 g/mol. The molecule has 324 valence electrons. The molecule has 0 radical (unpaired) electrons. The Hall–Kier alpha value is -7.46. The van der Waals surface area contributed by atoms with E-state index in [0.29, 0.717) is 0 Å². The second-order valence-electron chi connectivity index (χ2n) is 17.1. The summed E-state index contributed by atoms with van der Waals surface area (Å²) in [6.07, 6.45) is 9.38. The molecule has 9 heterocycles. The van der Waals surface area contributed by atoms with Gasteiger partial charge < -0.3 is 9.97 Å². The molecule has 3 aliphatic rings. The normalized spacial score (nSPS) is 19.9. The fraction of sp³-hybridized carbons (Fsp3) is 0.0333. The highest BCUT2D eigenvalue weighted by molar-refractivity contribution is 7.12. The Morgan fingerprint density at radius 3 is 1.09 bits per heavy atom. The Bertz CT molecular complexity index is 3600. The summed E-state index contributed by atoms with van der Waals surface area (Å²) < 4.78 is 0. The summed E-state index contributed by atoms with van der Waals surface area (Å²) in [7, 11) is 0. The number of hydrogen-bond acceptors (Lipinski definition) is 6. The Labute approximate surface area is 409 Å². The summed E-state index contributed by atoms with van der Waals surface area (Å²) >= 11 is 6.99. The Balaban J connectivity index is 1.27. The number of H-pyrrole nitrogens is 2. The number of nitrogens with zero attached hydrogens (tertiary/aromatic N) is 2. The first-order chi connectivity index (χ1) is 33.6. The maximum absolute atomic E-state index is 6.07. The van der Waals surface area contributed by atoms with Gasteiger partial charge in [0.1, 0.15) is 11.1 Å². The second-order valence-corrected chi connectivity index (χ2v) is 20.9. The number of allylic oxidation sites excluding steroid dienone is 2. The molecule has 68 heavy (non-hydrogen) atoms. The number of benzene rings is 4. The molecule has 2 unspecified atom stereocenters. The number of aliphatic imine (C=N–C) groups is 2. The van der Waals surface area contributed by atoms with Crippen LogP contribution in [0.15, 0.2) is 226 Å². The van der Waals surface area contributed by atoms with Gasteiger partial charge in [0.25, 0.3) is 0 Å². The van der Waals surface area contributed by atoms with Crippen molar-refractivity contribution in [2.45, 2.75) is 11.1 Å². The molecule has 2 N–H and O–H groups in total. The molecule has 8 bridgehead atoms. The molecule has 10 aromatic rings. The maximum Gasteiger partial charge on any atom is 0.143 e. The lowest BCUT2D eigenvalue weighted by Crippen LogP contribution is -2.30. The molecule has 4 aromatic carbocycles. The van der Waals surface area contributed by atoms with E-state index in [9.17, 15) is 0 Å². The SMILES string of the molecule is C1=C(c2ccccc2)C2=NC1(c1cccs1)/C(c1cccs1)=c1\[nH]/c(cc1-c1ccccc1)=C\C1=NC(c3cccs3)(C=C1c1ccccc1)C(c1cccs1)=c1[nH]c(cc1-c1ccccc1)=C2. The fourth-order valence-electron chi connectivity index (χ4n) is 10.1. The van der Waals surface area contributed by atoms with Gasteiger partial charge in [-0.05, 0) is 104 Å². The van der Waals surface area contributed by atoms with Gasteiger partial charge >= 0.3 is 0 Å². The van der Waals surface area contributed by atoms with Crippen molar-refractivity contribution in [3.05, 3.63) is 268 Å². The van der Waals surface area contributed by atoms with Gasteiger partial charge in [-0.15, -0.1) is 45.3 Å². The molecule has 0 amide bonds. The summed E-state index contributed by atoms with van der Waals surface area (Å²) in [5.74, 6) is 0. The highest BCUT2D eigenvalue weighted by Gasteiger charge is 2.45. The molecule has 4 nitrogen and oxygen atoms in total. The molecule has 13 rings (SSSR count). The van der Waals surface area contributed by atoms with Crippen molar-refractivity contribution in [3.8, 4) is 22.3 Å². The minimum Gasteiger partial charge on any atom is -0.355 e. The van der Waals surface area contributed by atoms with E-state index < -0.39 is 11.1 Å². The molecule has 3 aliphatic heterocycles. The molecule has 6 aromatic heterocycles. The van der Waals surface area contributed by atoms with Crippen LogP contribution in [0.3, 0.4) is 0 Å². The van der Waals surface area contributed by atoms with Gasteiger partial charge in [0, 0.05) is 63.6 Å². The lowest BCUT2D eigenvalue weighted by molar-refractivity contribution is 0.767. The zero-order valence-corrected chi connectivity index (χ0v) is 39.7. The summed E-state index contributed by atoms with van der Waals surface area (Å²) in [6, 6.07) is 65.3. The van der Waals surface area contributed by atoms with Crippen LogP contribution in [-0.4, -0.2) is 21.4 Å². The maximum atomic E-state index is 6.07. The monoisotopic (exact) mass is 944 g/mol. The van der Waals surface area contributed by atoms with Crippen molar-refractivity contribution in [3.63, 3.8) is 0 Å². The zero-order chi connectivity index (χ0) is 45.1. The number of aromatic amines is 2. The minimum atomic E-state index is -0.904. The highest BCUT2D eigenvalue weighted by Crippen LogP contribution is 2.51. The van der Waals surface area contributed by atoms with E-state index in [4.69, 9.17) is 9.98 Å². The molecule has 0 saturated carbocycles. The van der Waals surface area contributed by atoms with E-state index in [1.807, 2.05) is 0 Å². The molecule has 0 spiro atoms. The van der Waals surface area contributed by atoms with Crippen LogP contribution < -0.4 is 21.4 Å². The molecular formula is C60H40N4S4. The number of rotatable bonds is 8. The first-order valence-corrected chi connectivity index (χ1v) is 26.1. The van der Waals surface area contributed by atoms with Gasteiger partial charge in [-0.1, -0.05) is 146 Å². The third kappa shape index (κ3) is 6.82. The Kier molecular flexibility index (Phi) is 10.0. The van der Waals surface area contributed by atoms with Crippen LogP contribution in [0.2, 0.25) is 0 Å². The summed E-state index contributed by atoms with van der Waals surface area (Å²) in [6.45, 7) is 0. The van der Waals surface area contributed by atoms with Crippen molar-refractivity contribution in [2.24, 2.45) is 9.98 Å². The first kappa shape index (κ1) is 40.8. The van der Waals surface area contributed by atoms with Crippen LogP contribution in [0.4, 0.5) is 0 Å². The highest BCUT2D eigenvalue weighted by atomic mass is 32.1. The standard InChI is InChI=1S/C60H40N4S4/c1-5-17-39(18-6-1)45-33-43-35-49-48(42-23-11-4-12-24-42)38-60(64-49,54-28-16-32-68-54)56(52-26-14-30-66-52)58-46(40-19-7-2-8-20-40)34-44(62-58)36-50-47(41-21-9-3-10-22-41)37-59(63-50,53-27-15-31-67-53)55(57(45)61-43)51-25-13-29-65-51/h1-38,61-62H/b43-35-,44-36?,57-55-,58-56?. The molecule has 2 atom stereocenters. The van der Waals surface area contributed by atoms with Gasteiger partial charge in [0.05, 0.1) is 22.1 Å². The summed E-state index contributed by atoms with van der Waals surface area (Å²) in [4.78, 5) is 24.9. The molecular weight excluding hydrogens is 905 g/mol. The van der Waals surface area contributed by atoms with Crippen LogP contribution in [-0.2, 0) is 11.1 Å². The van der Waals surface area contributed by atoms with E-state index in [2.05, 4.69) is 238 Å². The zero-order valence-electron chi connectivity index (χ0n) is 36.5. The first-order valence-electron chi connectivity index (χ1n) is 22.6. The topological polar surface area (TPSA) is 56.3 Å². The van der Waals surface area contributed by atoms with Gasteiger partial charge in [-0.25, -0.2) is 0 Å². The Morgan fingerprint density at radius 1 is 0.368 bits per heavy atom. The smallest absolute Gasteiger partial charge is 0.143 e. The number of nitrogens with one attached hydrogen (secondary N) is 2. The Morgan fingerprint density at radius 2 is 0.735 bits per heavy atom. The van der Waals surface area contributed by atoms with E-state index >= 15 is 0 Å². The minimum absolute atomic E-state index is 0.899. The summed E-state index contributed by atoms with van der Waals surface area (Å²) in [5.41, 5.74) is 11.0. The van der Waals surface area contributed by atoms with Crippen LogP contribution >= 0.6 is 45.3 Å². The van der Waals surface area contributed by atoms with Crippen LogP contribution in [0.1, 0.15) is 30.6 Å². The van der Waals surface area contributed by atoms with Crippen molar-refractivity contribution < 1.29 is 0 Å². The van der Waals surface area contributed by atoms with E-state index in [1.165, 1.54) is 0 Å². The molecule has 0 fully saturated rings. The largest absolute Gasteiger partial charge is 0.355 e. The van der Waals surface area contributed by atoms with Gasteiger partial charge in [0.2, 0.25) is 0 Å². The van der Waals surface area contributed by atoms with Crippen LogP contribution in [0.25, 0.3) is 56.7 Å². The van der Waals surface area contributed by atoms with Crippen molar-refractivity contribution in [2.75, 3.05) is 0 Å². The lowest BCUT2D eigenvalue weighted by Gasteiger charge is -2.26. The van der Waals surface area contributed by atoms with Gasteiger partial charge in [-0.3, -0.25) is 9.98 Å². The van der Waals surface area contributed by atoms with Crippen molar-refractivity contribution in [1.82, 2.24) is 9.97 Å². The van der Waals surface area contributed by atoms with Crippen molar-refractivity contribution >= 4 is 91.2 Å². The number of fused-ring (bicyclic) bond motifs is 6. The van der Waals surface area contributed by atoms with Gasteiger partial charge in [0.15, 0.2) is 0 Å². The van der Waals surface area contributed by atoms with Crippen LogP contribution in [0.5, 0.6) is 0 Å². The third-order valence-electron chi connectivity index (χ3n) is 13.0. The van der Waals surface area contributed by atoms with Crippen LogP contribution in [0, 0.1) is 0 Å². The number of hydrogen-bond donors (Lipinski definition) is 2. The predicted octanol–water partition coefficient (Wildman–Crippen LogP) is 12.5. The van der Waals surface area contributed by atoms with E-state index in [0.717, 1.165) is 108 Å². The number of thiophene rings is 4. The molecule has 0 aliphatic carbocycles. The molecule has 0 saturated heterocycles. The fourth-order valence-corrected chi connectivity index (χ4v) is 13.5. The van der Waals surface area contributed by atoms with E-state index in [-0.39, 0.29) is 0 Å². The summed E-state index contributed by atoms with van der Waals surface area (Å²) in [5, 5.41) is 12.7.